The summed E-state index contributed by atoms with van der Waals surface area (Å²) in [6.45, 7) is 0. The van der Waals surface area contributed by atoms with Crippen LogP contribution in [0.15, 0.2) is 115 Å². The quantitative estimate of drug-likeness (QED) is 0.161. The van der Waals surface area contributed by atoms with Gasteiger partial charge in [-0.05, 0) is 0 Å². The van der Waals surface area contributed by atoms with Gasteiger partial charge in [0.2, 0.25) is 0 Å². The van der Waals surface area contributed by atoms with Crippen LogP contribution in [0.1, 0.15) is 0 Å². The molecule has 0 saturated carbocycles. The van der Waals surface area contributed by atoms with Gasteiger partial charge in [-0.3, -0.25) is 0 Å². The standard InChI is InChI=1S/C30H19ClI2/c31-20-17-21(32-27-13-5-1-9-23(27)24-10-2-6-14-28(24)32)19-22(18-20)33-29-15-7-3-11-25(29)26-12-4-8-16-30(26)33/h1-19H. The van der Waals surface area contributed by atoms with Crippen LogP contribution in [0.2, 0.25) is 5.02 Å². The van der Waals surface area contributed by atoms with Crippen molar-refractivity contribution in [2.24, 2.45) is 0 Å². The van der Waals surface area contributed by atoms with Gasteiger partial charge in [0.1, 0.15) is 0 Å². The van der Waals surface area contributed by atoms with Crippen LogP contribution in [-0.4, -0.2) is 0 Å². The van der Waals surface area contributed by atoms with Crippen LogP contribution in [0.3, 0.4) is 0 Å². The number of fused-ring (bicyclic) bond motifs is 6. The van der Waals surface area contributed by atoms with Gasteiger partial charge in [-0.2, -0.15) is 0 Å². The van der Waals surface area contributed by atoms with E-state index in [1.165, 1.54) is 43.7 Å². The molecule has 5 aromatic rings. The van der Waals surface area contributed by atoms with Crippen molar-refractivity contribution in [2.75, 3.05) is 0 Å². The molecule has 0 radical (unpaired) electrons. The zero-order valence-corrected chi connectivity index (χ0v) is 22.7. The molecule has 0 N–H and O–H groups in total. The van der Waals surface area contributed by atoms with Crippen LogP contribution in [-0.2, 0) is 0 Å². The fourth-order valence-electron chi connectivity index (χ4n) is 4.81. The van der Waals surface area contributed by atoms with Crippen LogP contribution >= 0.6 is 51.2 Å². The summed E-state index contributed by atoms with van der Waals surface area (Å²) in [5.74, 6) is 0. The van der Waals surface area contributed by atoms with E-state index < -0.39 is 39.6 Å². The molecule has 0 aromatic heterocycles. The second kappa shape index (κ2) is 7.97. The van der Waals surface area contributed by atoms with E-state index in [-0.39, 0.29) is 0 Å². The van der Waals surface area contributed by atoms with Gasteiger partial charge in [-0.15, -0.1) is 0 Å². The van der Waals surface area contributed by atoms with E-state index in [9.17, 15) is 0 Å². The molecule has 0 atom stereocenters. The number of hydrogen-bond donors (Lipinski definition) is 0. The molecule has 0 nitrogen and oxygen atoms in total. The maximum absolute atomic E-state index is 6.87. The molecule has 0 bridgehead atoms. The summed E-state index contributed by atoms with van der Waals surface area (Å²) in [6.07, 6.45) is 0. The molecule has 0 aliphatic carbocycles. The predicted octanol–water partition coefficient (Wildman–Crippen LogP) is 9.13. The third-order valence-corrected chi connectivity index (χ3v) is 18.5. The fraction of sp³-hybridized carbons (Fsp3) is 0. The van der Waals surface area contributed by atoms with Crippen LogP contribution < -0.4 is 0 Å². The monoisotopic (exact) mass is 668 g/mol. The Morgan fingerprint density at radius 2 is 0.697 bits per heavy atom. The van der Waals surface area contributed by atoms with Gasteiger partial charge < -0.3 is 0 Å². The number of rotatable bonds is 2. The van der Waals surface area contributed by atoms with E-state index in [4.69, 9.17) is 11.6 Å². The second-order valence-electron chi connectivity index (χ2n) is 8.07. The summed E-state index contributed by atoms with van der Waals surface area (Å²) in [5, 5.41) is 0.876. The van der Waals surface area contributed by atoms with Gasteiger partial charge >= 0.3 is 215 Å². The summed E-state index contributed by atoms with van der Waals surface area (Å²) in [4.78, 5) is 0. The van der Waals surface area contributed by atoms with Crippen molar-refractivity contribution < 1.29 is 0 Å². The molecule has 0 fully saturated rings. The molecule has 3 heteroatoms. The molecule has 0 spiro atoms. The first-order valence-corrected chi connectivity index (χ1v) is 17.7. The van der Waals surface area contributed by atoms with Gasteiger partial charge in [0.25, 0.3) is 0 Å². The summed E-state index contributed by atoms with van der Waals surface area (Å²) in [6, 6.07) is 43.0. The fourth-order valence-corrected chi connectivity index (χ4v) is 19.0. The molecule has 0 amide bonds. The van der Waals surface area contributed by atoms with Crippen LogP contribution in [0.25, 0.3) is 22.3 Å². The Labute approximate surface area is 213 Å². The number of halogens is 3. The molecule has 0 saturated heterocycles. The van der Waals surface area contributed by atoms with Crippen LogP contribution in [0, 0.1) is 21.4 Å². The Hall–Kier alpha value is -2.15. The predicted molar refractivity (Wildman–Crippen MR) is 155 cm³/mol. The van der Waals surface area contributed by atoms with Crippen molar-refractivity contribution in [3.63, 3.8) is 0 Å². The summed E-state index contributed by atoms with van der Waals surface area (Å²) in [7, 11) is 0. The first-order chi connectivity index (χ1) is 16.3. The molecular formula is C30H19ClI2. The van der Waals surface area contributed by atoms with Crippen molar-refractivity contribution in [3.8, 4) is 22.3 Å². The zero-order valence-electron chi connectivity index (χ0n) is 17.6. The molecule has 7 rings (SSSR count). The molecule has 2 aliphatic rings. The Morgan fingerprint density at radius 3 is 1.03 bits per heavy atom. The van der Waals surface area contributed by atoms with E-state index in [1.807, 2.05) is 0 Å². The van der Waals surface area contributed by atoms with E-state index in [1.54, 1.807) is 0 Å². The summed E-state index contributed by atoms with van der Waals surface area (Å²) in [5.41, 5.74) is 5.65. The number of hydrogen-bond acceptors (Lipinski definition) is 0. The van der Waals surface area contributed by atoms with Gasteiger partial charge in [0, 0.05) is 0 Å². The summed E-state index contributed by atoms with van der Waals surface area (Å²) >= 11 is 3.28. The average Bonchev–Trinajstić information content (AvgIpc) is 3.37. The molecule has 2 heterocycles. The minimum absolute atomic E-state index is 0.876. The van der Waals surface area contributed by atoms with Crippen LogP contribution in [0.4, 0.5) is 0 Å². The third kappa shape index (κ3) is 3.14. The topological polar surface area (TPSA) is 0 Å². The van der Waals surface area contributed by atoms with E-state index in [0.29, 0.717) is 0 Å². The SMILES string of the molecule is Clc1cc(I2c3ccccc3-c3ccccc32)cc(I2c3ccccc3-c3ccccc32)c1. The first-order valence-electron chi connectivity index (χ1n) is 10.9. The Balaban J connectivity index is 1.44. The van der Waals surface area contributed by atoms with Gasteiger partial charge in [0.15, 0.2) is 0 Å². The number of benzene rings is 5. The Morgan fingerprint density at radius 1 is 0.394 bits per heavy atom. The molecule has 33 heavy (non-hydrogen) atoms. The van der Waals surface area contributed by atoms with Gasteiger partial charge in [-0.1, -0.05) is 0 Å². The Bertz CT molecular complexity index is 1350. The van der Waals surface area contributed by atoms with Crippen molar-refractivity contribution in [2.45, 2.75) is 0 Å². The summed E-state index contributed by atoms with van der Waals surface area (Å²) < 4.78 is 9.05. The van der Waals surface area contributed by atoms with E-state index >= 15 is 0 Å². The van der Waals surface area contributed by atoms with E-state index in [0.717, 1.165) is 5.02 Å². The van der Waals surface area contributed by atoms with Crippen molar-refractivity contribution in [1.29, 1.82) is 0 Å². The van der Waals surface area contributed by atoms with Crippen molar-refractivity contribution >= 4 is 51.2 Å². The van der Waals surface area contributed by atoms with Gasteiger partial charge in [-0.25, -0.2) is 0 Å². The van der Waals surface area contributed by atoms with Crippen molar-refractivity contribution in [3.05, 3.63) is 142 Å². The molecule has 0 unspecified atom stereocenters. The maximum atomic E-state index is 6.87. The zero-order chi connectivity index (χ0) is 21.9. The van der Waals surface area contributed by atoms with Gasteiger partial charge in [0.05, 0.1) is 0 Å². The molecule has 5 aromatic carbocycles. The van der Waals surface area contributed by atoms with E-state index in [2.05, 4.69) is 115 Å². The second-order valence-corrected chi connectivity index (χ2v) is 18.9. The average molecular weight is 669 g/mol. The first kappa shape index (κ1) is 20.2. The van der Waals surface area contributed by atoms with Crippen molar-refractivity contribution in [1.82, 2.24) is 0 Å². The Kier molecular flexibility index (Phi) is 4.89. The normalized spacial score (nSPS) is 15.1. The molecule has 2 aliphatic heterocycles. The minimum atomic E-state index is -1.79. The third-order valence-electron chi connectivity index (χ3n) is 6.15. The molecule has 160 valence electrons. The molecular weight excluding hydrogens is 650 g/mol. The van der Waals surface area contributed by atoms with Crippen LogP contribution in [0.5, 0.6) is 0 Å².